The third-order valence-electron chi connectivity index (χ3n) is 4.88. The predicted molar refractivity (Wildman–Crippen MR) is 95.4 cm³/mol. The Hall–Kier alpha value is -1.36. The number of aromatic nitrogens is 2. The van der Waals surface area contributed by atoms with Crippen molar-refractivity contribution in [1.29, 1.82) is 0 Å². The first-order valence-corrected chi connectivity index (χ1v) is 8.96. The zero-order valence-corrected chi connectivity index (χ0v) is 15.5. The maximum atomic E-state index is 12.6. The van der Waals surface area contributed by atoms with E-state index in [1.807, 2.05) is 16.9 Å². The Kier molecular flexibility index (Phi) is 8.31. The average molecular weight is 322 g/mol. The molecule has 23 heavy (non-hydrogen) atoms. The van der Waals surface area contributed by atoms with Crippen LogP contribution in [0.5, 0.6) is 0 Å². The fraction of sp³-hybridized carbons (Fsp3) is 0.778. The second-order valence-corrected chi connectivity index (χ2v) is 6.59. The van der Waals surface area contributed by atoms with Gasteiger partial charge in [0.2, 0.25) is 5.91 Å². The Labute approximate surface area is 141 Å². The van der Waals surface area contributed by atoms with Crippen molar-refractivity contribution in [2.24, 2.45) is 5.41 Å². The molecule has 1 heterocycles. The highest BCUT2D eigenvalue weighted by Gasteiger charge is 2.33. The minimum absolute atomic E-state index is 0.165. The summed E-state index contributed by atoms with van der Waals surface area (Å²) >= 11 is 0. The molecule has 132 valence electrons. The van der Waals surface area contributed by atoms with Crippen LogP contribution >= 0.6 is 0 Å². The summed E-state index contributed by atoms with van der Waals surface area (Å²) in [6.45, 7) is 14.5. The molecule has 5 heteroatoms. The minimum Gasteiger partial charge on any atom is -0.356 e. The first-order chi connectivity index (χ1) is 11.0. The van der Waals surface area contributed by atoms with Crippen LogP contribution in [0.25, 0.3) is 0 Å². The summed E-state index contributed by atoms with van der Waals surface area (Å²) < 4.78 is 1.93. The molecule has 1 aromatic rings. The second-order valence-electron chi connectivity index (χ2n) is 6.59. The first kappa shape index (κ1) is 19.7. The number of nitrogens with zero attached hydrogens (tertiary/aromatic N) is 3. The number of hydrogen-bond acceptors (Lipinski definition) is 3. The van der Waals surface area contributed by atoms with Gasteiger partial charge >= 0.3 is 0 Å². The zero-order valence-electron chi connectivity index (χ0n) is 15.5. The van der Waals surface area contributed by atoms with Gasteiger partial charge in [0.15, 0.2) is 0 Å². The molecule has 0 saturated heterocycles. The van der Waals surface area contributed by atoms with Crippen LogP contribution in [-0.4, -0.2) is 46.8 Å². The number of rotatable bonds is 11. The lowest BCUT2D eigenvalue weighted by molar-refractivity contribution is -0.131. The Balaban J connectivity index is 2.46. The van der Waals surface area contributed by atoms with Crippen LogP contribution in [0.4, 0.5) is 0 Å². The number of carbonyl (C=O) groups is 1. The van der Waals surface area contributed by atoms with Gasteiger partial charge in [0, 0.05) is 24.4 Å². The van der Waals surface area contributed by atoms with Crippen molar-refractivity contribution in [2.45, 2.75) is 59.9 Å². The van der Waals surface area contributed by atoms with Crippen molar-refractivity contribution in [2.75, 3.05) is 26.2 Å². The quantitative estimate of drug-likeness (QED) is 0.637. The summed E-state index contributed by atoms with van der Waals surface area (Å²) in [5, 5.41) is 7.42. The van der Waals surface area contributed by atoms with Crippen LogP contribution < -0.4 is 5.32 Å². The number of amides is 1. The summed E-state index contributed by atoms with van der Waals surface area (Å²) in [6, 6.07) is 2.14. The highest BCUT2D eigenvalue weighted by atomic mass is 16.2. The number of nitrogens with one attached hydrogen (secondary N) is 1. The van der Waals surface area contributed by atoms with Crippen LogP contribution in [0.2, 0.25) is 0 Å². The highest BCUT2D eigenvalue weighted by molar-refractivity contribution is 5.82. The maximum Gasteiger partial charge on any atom is 0.226 e. The lowest BCUT2D eigenvalue weighted by Gasteiger charge is -2.30. The van der Waals surface area contributed by atoms with Gasteiger partial charge in [0.25, 0.3) is 0 Å². The average Bonchev–Trinajstić information content (AvgIpc) is 3.09. The molecule has 0 aromatic carbocycles. The van der Waals surface area contributed by atoms with E-state index in [0.717, 1.165) is 45.4 Å². The maximum absolute atomic E-state index is 12.6. The monoisotopic (exact) mass is 322 g/mol. The summed E-state index contributed by atoms with van der Waals surface area (Å²) in [7, 11) is 0. The van der Waals surface area contributed by atoms with Crippen LogP contribution in [0.15, 0.2) is 18.5 Å². The molecule has 0 radical (unpaired) electrons. The normalized spacial score (nSPS) is 15.4. The summed E-state index contributed by atoms with van der Waals surface area (Å²) in [5.74, 6) is 0.165. The molecule has 1 N–H and O–H groups in total. The standard InChI is InChI=1S/C18H34N4O/c1-6-18(5,15-16(4)22-14-10-12-20-22)17(23)19-11-9-13-21(7-2)8-3/h10,12,14,16H,6-9,11,13,15H2,1-5H3,(H,19,23). The molecule has 0 saturated carbocycles. The number of hydrogen-bond donors (Lipinski definition) is 1. The minimum atomic E-state index is -0.347. The number of carbonyl (C=O) groups excluding carboxylic acids is 1. The molecule has 0 bridgehead atoms. The van der Waals surface area contributed by atoms with Crippen LogP contribution in [0.3, 0.4) is 0 Å². The predicted octanol–water partition coefficient (Wildman–Crippen LogP) is 3.10. The molecule has 0 aliphatic rings. The molecule has 0 spiro atoms. The second kappa shape index (κ2) is 9.71. The van der Waals surface area contributed by atoms with E-state index in [2.05, 4.69) is 49.9 Å². The van der Waals surface area contributed by atoms with E-state index < -0.39 is 0 Å². The molecule has 2 atom stereocenters. The lowest BCUT2D eigenvalue weighted by Crippen LogP contribution is -2.41. The van der Waals surface area contributed by atoms with Crippen LogP contribution in [-0.2, 0) is 4.79 Å². The molecule has 0 fully saturated rings. The Morgan fingerprint density at radius 1 is 1.35 bits per heavy atom. The molecule has 0 aliphatic carbocycles. The zero-order chi connectivity index (χ0) is 17.3. The molecular weight excluding hydrogens is 288 g/mol. The van der Waals surface area contributed by atoms with Gasteiger partial charge in [-0.2, -0.15) is 5.10 Å². The third-order valence-corrected chi connectivity index (χ3v) is 4.88. The van der Waals surface area contributed by atoms with E-state index in [1.165, 1.54) is 0 Å². The molecule has 5 nitrogen and oxygen atoms in total. The SMILES string of the molecule is CCN(CC)CCCNC(=O)C(C)(CC)CC(C)n1cccn1. The lowest BCUT2D eigenvalue weighted by atomic mass is 9.80. The van der Waals surface area contributed by atoms with Crippen molar-refractivity contribution in [3.63, 3.8) is 0 Å². The van der Waals surface area contributed by atoms with Gasteiger partial charge in [0.05, 0.1) is 6.04 Å². The molecule has 2 unspecified atom stereocenters. The van der Waals surface area contributed by atoms with Gasteiger partial charge in [-0.1, -0.05) is 27.7 Å². The van der Waals surface area contributed by atoms with Gasteiger partial charge in [-0.05, 0) is 51.9 Å². The third kappa shape index (κ3) is 5.98. The smallest absolute Gasteiger partial charge is 0.226 e. The van der Waals surface area contributed by atoms with E-state index in [1.54, 1.807) is 6.20 Å². The fourth-order valence-electron chi connectivity index (χ4n) is 2.94. The van der Waals surface area contributed by atoms with Gasteiger partial charge in [-0.15, -0.1) is 0 Å². The van der Waals surface area contributed by atoms with E-state index in [4.69, 9.17) is 0 Å². The van der Waals surface area contributed by atoms with E-state index >= 15 is 0 Å². The van der Waals surface area contributed by atoms with Crippen molar-refractivity contribution in [3.05, 3.63) is 18.5 Å². The van der Waals surface area contributed by atoms with Crippen LogP contribution in [0.1, 0.15) is 59.9 Å². The van der Waals surface area contributed by atoms with Gasteiger partial charge in [0.1, 0.15) is 0 Å². The van der Waals surface area contributed by atoms with Gasteiger partial charge in [-0.3, -0.25) is 9.48 Å². The molecule has 1 amide bonds. The Bertz CT molecular complexity index is 442. The van der Waals surface area contributed by atoms with Crippen molar-refractivity contribution >= 4 is 5.91 Å². The van der Waals surface area contributed by atoms with E-state index in [-0.39, 0.29) is 17.4 Å². The molecule has 1 rings (SSSR count). The highest BCUT2D eigenvalue weighted by Crippen LogP contribution is 2.31. The van der Waals surface area contributed by atoms with E-state index in [9.17, 15) is 4.79 Å². The fourth-order valence-corrected chi connectivity index (χ4v) is 2.94. The Morgan fingerprint density at radius 2 is 2.04 bits per heavy atom. The first-order valence-electron chi connectivity index (χ1n) is 8.96. The molecule has 1 aromatic heterocycles. The van der Waals surface area contributed by atoms with Crippen LogP contribution in [0, 0.1) is 5.41 Å². The molecular formula is C18H34N4O. The van der Waals surface area contributed by atoms with Crippen molar-refractivity contribution < 1.29 is 4.79 Å². The summed E-state index contributed by atoms with van der Waals surface area (Å²) in [4.78, 5) is 15.0. The summed E-state index contributed by atoms with van der Waals surface area (Å²) in [5.41, 5.74) is -0.347. The van der Waals surface area contributed by atoms with Gasteiger partial charge in [-0.25, -0.2) is 0 Å². The summed E-state index contributed by atoms with van der Waals surface area (Å²) in [6.07, 6.45) is 6.38. The van der Waals surface area contributed by atoms with Crippen molar-refractivity contribution in [1.82, 2.24) is 20.0 Å². The topological polar surface area (TPSA) is 50.2 Å². The van der Waals surface area contributed by atoms with E-state index in [0.29, 0.717) is 0 Å². The largest absolute Gasteiger partial charge is 0.356 e. The van der Waals surface area contributed by atoms with Gasteiger partial charge < -0.3 is 10.2 Å². The Morgan fingerprint density at radius 3 is 2.57 bits per heavy atom. The molecule has 0 aliphatic heterocycles. The van der Waals surface area contributed by atoms with Crippen molar-refractivity contribution in [3.8, 4) is 0 Å².